The lowest BCUT2D eigenvalue weighted by Gasteiger charge is -2.11. The molecule has 1 N–H and O–H groups in total. The van der Waals surface area contributed by atoms with Gasteiger partial charge in [-0.3, -0.25) is 14.4 Å². The molecule has 2 aromatic rings. The molecule has 146 valence electrons. The van der Waals surface area contributed by atoms with E-state index >= 15 is 0 Å². The van der Waals surface area contributed by atoms with Crippen LogP contribution in [0.1, 0.15) is 32.7 Å². The van der Waals surface area contributed by atoms with E-state index in [-0.39, 0.29) is 24.7 Å². The van der Waals surface area contributed by atoms with Crippen molar-refractivity contribution in [2.24, 2.45) is 0 Å². The predicted octanol–water partition coefficient (Wildman–Crippen LogP) is 2.23. The fourth-order valence-corrected chi connectivity index (χ4v) is 3.18. The SMILES string of the molecule is COc1cc(OC)cc(C(=O)NCCC(=O)c2ccc3c(c2)CCN3C=O)c1. The molecule has 7 nitrogen and oxygen atoms in total. The standard InChI is InChI=1S/C21H22N2O5/c1-27-17-10-16(11-18(12-17)28-2)21(26)22-7-5-20(25)15-3-4-19-14(9-15)6-8-23(19)13-24/h3-4,9-13H,5-8H2,1-2H3,(H,22,26). The molecule has 0 atom stereocenters. The minimum atomic E-state index is -0.305. The first-order chi connectivity index (χ1) is 13.5. The van der Waals surface area contributed by atoms with Gasteiger partial charge in [0.1, 0.15) is 11.5 Å². The minimum absolute atomic E-state index is 0.0594. The number of nitrogens with zero attached hydrogens (tertiary/aromatic N) is 1. The van der Waals surface area contributed by atoms with Crippen molar-refractivity contribution in [3.63, 3.8) is 0 Å². The summed E-state index contributed by atoms with van der Waals surface area (Å²) in [5.41, 5.74) is 2.83. The number of carbonyl (C=O) groups excluding carboxylic acids is 3. The number of benzene rings is 2. The molecule has 0 saturated carbocycles. The number of methoxy groups -OCH3 is 2. The van der Waals surface area contributed by atoms with Crippen LogP contribution in [0.4, 0.5) is 5.69 Å². The normalized spacial score (nSPS) is 12.3. The Hall–Kier alpha value is -3.35. The fraction of sp³-hybridized carbons (Fsp3) is 0.286. The van der Waals surface area contributed by atoms with Gasteiger partial charge in [0.2, 0.25) is 6.41 Å². The number of ether oxygens (including phenoxy) is 2. The second kappa shape index (κ2) is 8.56. The van der Waals surface area contributed by atoms with Crippen molar-refractivity contribution in [3.05, 3.63) is 53.1 Å². The molecule has 0 aromatic heterocycles. The molecule has 2 aromatic carbocycles. The Morgan fingerprint density at radius 1 is 1.07 bits per heavy atom. The second-order valence-electron chi connectivity index (χ2n) is 6.42. The van der Waals surface area contributed by atoms with Crippen LogP contribution in [0.3, 0.4) is 0 Å². The molecule has 0 fully saturated rings. The number of hydrogen-bond donors (Lipinski definition) is 1. The van der Waals surface area contributed by atoms with E-state index in [0.29, 0.717) is 29.2 Å². The Morgan fingerprint density at radius 2 is 1.79 bits per heavy atom. The zero-order chi connectivity index (χ0) is 20.1. The van der Waals surface area contributed by atoms with E-state index in [9.17, 15) is 14.4 Å². The van der Waals surface area contributed by atoms with Crippen molar-refractivity contribution in [1.82, 2.24) is 5.32 Å². The number of hydrogen-bond acceptors (Lipinski definition) is 5. The van der Waals surface area contributed by atoms with Crippen molar-refractivity contribution in [2.45, 2.75) is 12.8 Å². The van der Waals surface area contributed by atoms with E-state index in [0.717, 1.165) is 24.1 Å². The third kappa shape index (κ3) is 4.14. The molecule has 1 heterocycles. The summed E-state index contributed by atoms with van der Waals surface area (Å²) >= 11 is 0. The second-order valence-corrected chi connectivity index (χ2v) is 6.42. The molecule has 1 aliphatic heterocycles. The lowest BCUT2D eigenvalue weighted by atomic mass is 10.0. The molecule has 0 unspecified atom stereocenters. The van der Waals surface area contributed by atoms with Gasteiger partial charge in [-0.05, 0) is 42.3 Å². The number of carbonyl (C=O) groups is 3. The molecule has 0 radical (unpaired) electrons. The summed E-state index contributed by atoms with van der Waals surface area (Å²) in [5.74, 6) is 0.669. The Morgan fingerprint density at radius 3 is 2.43 bits per heavy atom. The van der Waals surface area contributed by atoms with Gasteiger partial charge in [0.25, 0.3) is 5.91 Å². The highest BCUT2D eigenvalue weighted by molar-refractivity contribution is 5.98. The predicted molar refractivity (Wildman–Crippen MR) is 104 cm³/mol. The monoisotopic (exact) mass is 382 g/mol. The molecule has 0 bridgehead atoms. The molecule has 28 heavy (non-hydrogen) atoms. The van der Waals surface area contributed by atoms with Gasteiger partial charge >= 0.3 is 0 Å². The first-order valence-electron chi connectivity index (χ1n) is 8.95. The zero-order valence-electron chi connectivity index (χ0n) is 15.9. The van der Waals surface area contributed by atoms with E-state index in [1.165, 1.54) is 14.2 Å². The van der Waals surface area contributed by atoms with Crippen LogP contribution in [-0.2, 0) is 11.2 Å². The van der Waals surface area contributed by atoms with Crippen LogP contribution >= 0.6 is 0 Å². The van der Waals surface area contributed by atoms with Crippen molar-refractivity contribution >= 4 is 23.8 Å². The lowest BCUT2D eigenvalue weighted by molar-refractivity contribution is -0.107. The highest BCUT2D eigenvalue weighted by Gasteiger charge is 2.20. The quantitative estimate of drug-likeness (QED) is 0.559. The van der Waals surface area contributed by atoms with Crippen molar-refractivity contribution in [1.29, 1.82) is 0 Å². The molecular formula is C21H22N2O5. The number of fused-ring (bicyclic) bond motifs is 1. The average molecular weight is 382 g/mol. The van der Waals surface area contributed by atoms with Crippen molar-refractivity contribution in [2.75, 3.05) is 32.2 Å². The summed E-state index contributed by atoms with van der Waals surface area (Å²) in [6.45, 7) is 0.852. The highest BCUT2D eigenvalue weighted by atomic mass is 16.5. The Bertz CT molecular complexity index is 887. The smallest absolute Gasteiger partial charge is 0.251 e. The first-order valence-corrected chi connectivity index (χ1v) is 8.95. The third-order valence-corrected chi connectivity index (χ3v) is 4.71. The van der Waals surface area contributed by atoms with Gasteiger partial charge in [-0.25, -0.2) is 0 Å². The minimum Gasteiger partial charge on any atom is -0.497 e. The van der Waals surface area contributed by atoms with Crippen LogP contribution in [0.15, 0.2) is 36.4 Å². The number of anilines is 1. The Balaban J connectivity index is 1.58. The topological polar surface area (TPSA) is 84.9 Å². The van der Waals surface area contributed by atoms with Crippen molar-refractivity contribution in [3.8, 4) is 11.5 Å². The summed E-state index contributed by atoms with van der Waals surface area (Å²) < 4.78 is 10.3. The van der Waals surface area contributed by atoms with Crippen LogP contribution in [0.25, 0.3) is 0 Å². The molecule has 3 rings (SSSR count). The van der Waals surface area contributed by atoms with Crippen LogP contribution in [0.5, 0.6) is 11.5 Å². The molecule has 1 aliphatic rings. The largest absolute Gasteiger partial charge is 0.497 e. The van der Waals surface area contributed by atoms with Gasteiger partial charge in [0, 0.05) is 42.4 Å². The maximum Gasteiger partial charge on any atom is 0.251 e. The Kier molecular flexibility index (Phi) is 5.93. The number of rotatable bonds is 8. The van der Waals surface area contributed by atoms with Gasteiger partial charge in [-0.2, -0.15) is 0 Å². The molecule has 2 amide bonds. The van der Waals surface area contributed by atoms with Crippen LogP contribution in [-0.4, -0.2) is 45.4 Å². The number of amides is 2. The summed E-state index contributed by atoms with van der Waals surface area (Å²) in [6, 6.07) is 10.2. The van der Waals surface area contributed by atoms with Gasteiger partial charge in [0.15, 0.2) is 5.78 Å². The summed E-state index contributed by atoms with van der Waals surface area (Å²) in [4.78, 5) is 37.4. The van der Waals surface area contributed by atoms with E-state index in [1.54, 1.807) is 35.2 Å². The van der Waals surface area contributed by atoms with Crippen molar-refractivity contribution < 1.29 is 23.9 Å². The lowest BCUT2D eigenvalue weighted by Crippen LogP contribution is -2.26. The van der Waals surface area contributed by atoms with Gasteiger partial charge in [0.05, 0.1) is 14.2 Å². The maximum atomic E-state index is 12.4. The summed E-state index contributed by atoms with van der Waals surface area (Å²) in [7, 11) is 3.03. The number of nitrogens with one attached hydrogen (secondary N) is 1. The van der Waals surface area contributed by atoms with E-state index in [4.69, 9.17) is 9.47 Å². The van der Waals surface area contributed by atoms with Gasteiger partial charge in [-0.15, -0.1) is 0 Å². The van der Waals surface area contributed by atoms with Gasteiger partial charge in [-0.1, -0.05) is 0 Å². The molecule has 7 heteroatoms. The van der Waals surface area contributed by atoms with Crippen LogP contribution in [0.2, 0.25) is 0 Å². The third-order valence-electron chi connectivity index (χ3n) is 4.71. The molecular weight excluding hydrogens is 360 g/mol. The highest BCUT2D eigenvalue weighted by Crippen LogP contribution is 2.28. The molecule has 0 saturated heterocycles. The molecule has 0 spiro atoms. The molecule has 0 aliphatic carbocycles. The average Bonchev–Trinajstić information content (AvgIpc) is 3.15. The van der Waals surface area contributed by atoms with E-state index in [1.807, 2.05) is 6.07 Å². The van der Waals surface area contributed by atoms with Gasteiger partial charge < -0.3 is 19.7 Å². The van der Waals surface area contributed by atoms with Crippen LogP contribution < -0.4 is 19.7 Å². The number of ketones is 1. The van der Waals surface area contributed by atoms with E-state index in [2.05, 4.69) is 5.32 Å². The first kappa shape index (κ1) is 19.4. The van der Waals surface area contributed by atoms with Crippen LogP contribution in [0, 0.1) is 0 Å². The number of Topliss-reactive ketones (excluding diaryl/α,β-unsaturated/α-hetero) is 1. The Labute approximate surface area is 163 Å². The summed E-state index contributed by atoms with van der Waals surface area (Å²) in [6.07, 6.45) is 1.73. The van der Waals surface area contributed by atoms with E-state index < -0.39 is 0 Å². The zero-order valence-corrected chi connectivity index (χ0v) is 15.9. The fourth-order valence-electron chi connectivity index (χ4n) is 3.18. The maximum absolute atomic E-state index is 12.4. The summed E-state index contributed by atoms with van der Waals surface area (Å²) in [5, 5.41) is 2.75.